The Morgan fingerprint density at radius 1 is 1.00 bits per heavy atom. The molecule has 1 fully saturated rings. The lowest BCUT2D eigenvalue weighted by Crippen LogP contribution is -2.33. The van der Waals surface area contributed by atoms with E-state index in [-0.39, 0.29) is 30.4 Å². The number of thiocarbonyl (C=S) groups is 1. The number of nitrogens with one attached hydrogen (secondary N) is 2. The predicted octanol–water partition coefficient (Wildman–Crippen LogP) is 4.66. The Kier molecular flexibility index (Phi) is 7.46. The molecule has 0 spiro atoms. The molecule has 2 unspecified atom stereocenters. The van der Waals surface area contributed by atoms with Gasteiger partial charge >= 0.3 is 5.97 Å². The van der Waals surface area contributed by atoms with Crippen LogP contribution < -0.4 is 10.6 Å². The highest BCUT2D eigenvalue weighted by Crippen LogP contribution is 2.39. The molecule has 1 aliphatic rings. The molecule has 0 bridgehead atoms. The van der Waals surface area contributed by atoms with E-state index in [2.05, 4.69) is 20.2 Å². The third-order valence-electron chi connectivity index (χ3n) is 6.48. The number of hydrogen-bond acceptors (Lipinski definition) is 5. The van der Waals surface area contributed by atoms with E-state index in [1.165, 1.54) is 7.11 Å². The summed E-state index contributed by atoms with van der Waals surface area (Å²) in [5, 5.41) is 6.94. The molecule has 2 aromatic carbocycles. The van der Waals surface area contributed by atoms with Crippen LogP contribution in [0.5, 0.6) is 0 Å². The lowest BCUT2D eigenvalue weighted by atomic mass is 10.0. The molecule has 5 rings (SSSR count). The smallest absolute Gasteiger partial charge is 0.337 e. The monoisotopic (exact) mass is 525 g/mol. The third-order valence-corrected chi connectivity index (χ3v) is 6.84. The van der Waals surface area contributed by atoms with Crippen LogP contribution in [-0.2, 0) is 9.53 Å². The summed E-state index contributed by atoms with van der Waals surface area (Å²) in [5.74, 6) is -0.474. The summed E-state index contributed by atoms with van der Waals surface area (Å²) in [6.45, 7) is 0.422. The number of methoxy groups -OCH3 is 1. The molecule has 9 heteroatoms. The SMILES string of the molecule is COC(=O)c1ccc(-n2cccc2C2C(c3ccccn3)NC(=S)N2CCC(=O)Nc2ccccc2)cc1. The number of anilines is 1. The number of esters is 1. The highest BCUT2D eigenvalue weighted by molar-refractivity contribution is 7.80. The van der Waals surface area contributed by atoms with Gasteiger partial charge in [0.05, 0.1) is 30.5 Å². The van der Waals surface area contributed by atoms with E-state index in [1.54, 1.807) is 18.3 Å². The minimum absolute atomic E-state index is 0.0900. The molecule has 1 saturated heterocycles. The average Bonchev–Trinajstić information content (AvgIpc) is 3.56. The van der Waals surface area contributed by atoms with Crippen molar-refractivity contribution in [2.24, 2.45) is 0 Å². The van der Waals surface area contributed by atoms with Crippen LogP contribution in [0.2, 0.25) is 0 Å². The van der Waals surface area contributed by atoms with Gasteiger partial charge in [0.15, 0.2) is 5.11 Å². The number of nitrogens with zero attached hydrogens (tertiary/aromatic N) is 3. The number of carbonyl (C=O) groups is 2. The number of ether oxygens (including phenoxy) is 1. The fourth-order valence-electron chi connectivity index (χ4n) is 4.68. The first kappa shape index (κ1) is 25.2. The molecule has 2 N–H and O–H groups in total. The maximum absolute atomic E-state index is 12.8. The van der Waals surface area contributed by atoms with Crippen molar-refractivity contribution >= 4 is 34.9 Å². The molecule has 0 saturated carbocycles. The Labute approximate surface area is 226 Å². The van der Waals surface area contributed by atoms with Crippen molar-refractivity contribution in [2.75, 3.05) is 19.0 Å². The van der Waals surface area contributed by atoms with Gasteiger partial charge in [0.25, 0.3) is 0 Å². The van der Waals surface area contributed by atoms with Crippen LogP contribution in [0, 0.1) is 0 Å². The normalized spacial score (nSPS) is 16.7. The van der Waals surface area contributed by atoms with Crippen molar-refractivity contribution in [1.82, 2.24) is 19.8 Å². The van der Waals surface area contributed by atoms with Gasteiger partial charge in [-0.15, -0.1) is 0 Å². The zero-order chi connectivity index (χ0) is 26.5. The second-order valence-corrected chi connectivity index (χ2v) is 9.21. The quantitative estimate of drug-likeness (QED) is 0.256. The van der Waals surface area contributed by atoms with Crippen LogP contribution in [0.1, 0.15) is 40.3 Å². The number of amides is 1. The summed E-state index contributed by atoms with van der Waals surface area (Å²) < 4.78 is 6.89. The molecule has 2 atom stereocenters. The van der Waals surface area contributed by atoms with Crippen LogP contribution in [0.25, 0.3) is 5.69 Å². The van der Waals surface area contributed by atoms with E-state index in [0.717, 1.165) is 22.8 Å². The second kappa shape index (κ2) is 11.3. The second-order valence-electron chi connectivity index (χ2n) is 8.83. The number of hydrogen-bond donors (Lipinski definition) is 2. The third kappa shape index (κ3) is 5.28. The topological polar surface area (TPSA) is 88.5 Å². The predicted molar refractivity (Wildman–Crippen MR) is 149 cm³/mol. The van der Waals surface area contributed by atoms with Crippen LogP contribution in [0.3, 0.4) is 0 Å². The molecule has 8 nitrogen and oxygen atoms in total. The fraction of sp³-hybridized carbons (Fsp3) is 0.172. The highest BCUT2D eigenvalue weighted by atomic mass is 32.1. The summed E-state index contributed by atoms with van der Waals surface area (Å²) in [7, 11) is 1.36. The van der Waals surface area contributed by atoms with E-state index in [1.807, 2.05) is 83.9 Å². The Morgan fingerprint density at radius 2 is 1.76 bits per heavy atom. The summed E-state index contributed by atoms with van der Waals surface area (Å²) in [5.41, 5.74) is 3.95. The van der Waals surface area contributed by atoms with E-state index >= 15 is 0 Å². The minimum atomic E-state index is -0.384. The molecular weight excluding hydrogens is 498 g/mol. The van der Waals surface area contributed by atoms with Gasteiger partial charge in [0, 0.05) is 42.4 Å². The van der Waals surface area contributed by atoms with Crippen molar-refractivity contribution in [1.29, 1.82) is 0 Å². The molecule has 38 heavy (non-hydrogen) atoms. The van der Waals surface area contributed by atoms with Gasteiger partial charge in [-0.05, 0) is 72.9 Å². The van der Waals surface area contributed by atoms with Gasteiger partial charge in [0.2, 0.25) is 5.91 Å². The van der Waals surface area contributed by atoms with E-state index in [4.69, 9.17) is 17.0 Å². The maximum atomic E-state index is 12.8. The van der Waals surface area contributed by atoms with Crippen molar-refractivity contribution in [3.05, 3.63) is 114 Å². The van der Waals surface area contributed by atoms with Crippen molar-refractivity contribution in [3.63, 3.8) is 0 Å². The maximum Gasteiger partial charge on any atom is 0.337 e. The van der Waals surface area contributed by atoms with Gasteiger partial charge < -0.3 is 24.8 Å². The van der Waals surface area contributed by atoms with Crippen LogP contribution in [0.4, 0.5) is 5.69 Å². The first-order valence-electron chi connectivity index (χ1n) is 12.2. The minimum Gasteiger partial charge on any atom is -0.465 e. The van der Waals surface area contributed by atoms with Crippen molar-refractivity contribution < 1.29 is 14.3 Å². The standard InChI is InChI=1S/C29H27N5O3S/c1-37-28(36)20-12-14-22(15-13-20)33-18-7-11-24(33)27-26(23-10-5-6-17-30-23)32-29(38)34(27)19-16-25(35)31-21-8-3-2-4-9-21/h2-15,17-18,26-27H,16,19H2,1H3,(H,31,35)(H,32,38). The zero-order valence-electron chi connectivity index (χ0n) is 20.8. The fourth-order valence-corrected chi connectivity index (χ4v) is 5.01. The van der Waals surface area contributed by atoms with Crippen LogP contribution >= 0.6 is 12.2 Å². The molecule has 1 aliphatic heterocycles. The molecule has 3 heterocycles. The molecule has 192 valence electrons. The lowest BCUT2D eigenvalue weighted by molar-refractivity contribution is -0.116. The van der Waals surface area contributed by atoms with Gasteiger partial charge in [0.1, 0.15) is 0 Å². The van der Waals surface area contributed by atoms with E-state index in [0.29, 0.717) is 17.2 Å². The lowest BCUT2D eigenvalue weighted by Gasteiger charge is -2.29. The molecular formula is C29H27N5O3S. The Morgan fingerprint density at radius 3 is 2.47 bits per heavy atom. The molecule has 0 radical (unpaired) electrons. The Hall–Kier alpha value is -4.50. The number of aromatic nitrogens is 2. The molecule has 4 aromatic rings. The molecule has 2 aromatic heterocycles. The first-order chi connectivity index (χ1) is 18.5. The van der Waals surface area contributed by atoms with Crippen molar-refractivity contribution in [3.8, 4) is 5.69 Å². The average molecular weight is 526 g/mol. The summed E-state index contributed by atoms with van der Waals surface area (Å²) in [4.78, 5) is 31.3. The van der Waals surface area contributed by atoms with Crippen LogP contribution in [0.15, 0.2) is 97.3 Å². The first-order valence-corrected chi connectivity index (χ1v) is 12.6. The molecule has 0 aliphatic carbocycles. The Bertz CT molecular complexity index is 1420. The van der Waals surface area contributed by atoms with E-state index in [9.17, 15) is 9.59 Å². The number of rotatable bonds is 8. The molecule has 1 amide bonds. The van der Waals surface area contributed by atoms with Crippen LogP contribution in [-0.4, -0.2) is 45.1 Å². The number of para-hydroxylation sites is 1. The summed E-state index contributed by atoms with van der Waals surface area (Å²) >= 11 is 5.76. The van der Waals surface area contributed by atoms with Crippen molar-refractivity contribution in [2.45, 2.75) is 18.5 Å². The highest BCUT2D eigenvalue weighted by Gasteiger charge is 2.41. The number of carbonyl (C=O) groups excluding carboxylic acids is 2. The Balaban J connectivity index is 1.44. The van der Waals surface area contributed by atoms with Gasteiger partial charge in [-0.3, -0.25) is 9.78 Å². The van der Waals surface area contributed by atoms with Gasteiger partial charge in [-0.2, -0.15) is 0 Å². The zero-order valence-corrected chi connectivity index (χ0v) is 21.6. The van der Waals surface area contributed by atoms with E-state index < -0.39 is 0 Å². The van der Waals surface area contributed by atoms with Gasteiger partial charge in [-0.1, -0.05) is 24.3 Å². The van der Waals surface area contributed by atoms with Gasteiger partial charge in [-0.25, -0.2) is 4.79 Å². The largest absolute Gasteiger partial charge is 0.465 e. The summed E-state index contributed by atoms with van der Waals surface area (Å²) in [6, 6.07) is 26.0. The number of pyridine rings is 1. The number of benzene rings is 2. The summed E-state index contributed by atoms with van der Waals surface area (Å²) in [6.07, 6.45) is 3.99.